The normalized spacial score (nSPS) is 20.1. The number of likely N-dealkylation sites (N-methyl/N-ethyl adjacent to an activating group) is 1. The standard InChI is InChI=1S/C15H20N4O/c1-2-19-9-5-6-11(10-19)16-15-17-13-8-4-3-7-12(13)14(20)18-15/h3-4,7-8,11H,2,5-6,9-10H2,1H3,(H2,16,17,18,20). The number of nitrogens with zero attached hydrogens (tertiary/aromatic N) is 2. The van der Waals surface area contributed by atoms with Crippen molar-refractivity contribution < 1.29 is 0 Å². The molecule has 1 aliphatic rings. The van der Waals surface area contributed by atoms with E-state index in [1.807, 2.05) is 18.2 Å². The average molecular weight is 272 g/mol. The molecule has 5 heteroatoms. The first-order valence-electron chi connectivity index (χ1n) is 7.24. The van der Waals surface area contributed by atoms with Gasteiger partial charge in [0.1, 0.15) is 0 Å². The summed E-state index contributed by atoms with van der Waals surface area (Å²) in [6, 6.07) is 7.78. The summed E-state index contributed by atoms with van der Waals surface area (Å²) in [5.74, 6) is 0.580. The number of para-hydroxylation sites is 1. The monoisotopic (exact) mass is 272 g/mol. The Bertz CT molecular complexity index is 652. The van der Waals surface area contributed by atoms with Crippen LogP contribution in [-0.4, -0.2) is 40.5 Å². The van der Waals surface area contributed by atoms with Gasteiger partial charge in [0.15, 0.2) is 0 Å². The molecular formula is C15H20N4O. The number of piperidine rings is 1. The maximum atomic E-state index is 12.0. The van der Waals surface area contributed by atoms with Gasteiger partial charge in [-0.05, 0) is 38.1 Å². The first-order chi connectivity index (χ1) is 9.76. The van der Waals surface area contributed by atoms with Crippen LogP contribution in [-0.2, 0) is 0 Å². The number of anilines is 1. The van der Waals surface area contributed by atoms with Gasteiger partial charge in [0.25, 0.3) is 5.56 Å². The molecule has 0 spiro atoms. The first-order valence-corrected chi connectivity index (χ1v) is 7.24. The van der Waals surface area contributed by atoms with Gasteiger partial charge in [0, 0.05) is 12.6 Å². The number of nitrogens with one attached hydrogen (secondary N) is 2. The number of likely N-dealkylation sites (tertiary alicyclic amines) is 1. The third-order valence-electron chi connectivity index (χ3n) is 3.91. The van der Waals surface area contributed by atoms with Crippen LogP contribution in [0.5, 0.6) is 0 Å². The highest BCUT2D eigenvalue weighted by Crippen LogP contribution is 2.14. The zero-order chi connectivity index (χ0) is 13.9. The van der Waals surface area contributed by atoms with Crippen LogP contribution in [0.1, 0.15) is 19.8 Å². The Hall–Kier alpha value is -1.88. The minimum Gasteiger partial charge on any atom is -0.352 e. The fraction of sp³-hybridized carbons (Fsp3) is 0.467. The maximum absolute atomic E-state index is 12.0. The molecule has 0 amide bonds. The Morgan fingerprint density at radius 1 is 1.45 bits per heavy atom. The Balaban J connectivity index is 1.82. The fourth-order valence-corrected chi connectivity index (χ4v) is 2.81. The third kappa shape index (κ3) is 2.67. The molecule has 1 aromatic heterocycles. The summed E-state index contributed by atoms with van der Waals surface area (Å²) in [6.45, 7) is 5.42. The summed E-state index contributed by atoms with van der Waals surface area (Å²) in [5.41, 5.74) is 0.656. The van der Waals surface area contributed by atoms with E-state index in [0.717, 1.165) is 31.6 Å². The average Bonchev–Trinajstić information content (AvgIpc) is 2.47. The van der Waals surface area contributed by atoms with Crippen LogP contribution in [0.3, 0.4) is 0 Å². The second-order valence-electron chi connectivity index (χ2n) is 5.31. The van der Waals surface area contributed by atoms with Crippen molar-refractivity contribution in [2.24, 2.45) is 0 Å². The predicted molar refractivity (Wildman–Crippen MR) is 81.1 cm³/mol. The van der Waals surface area contributed by atoms with Crippen molar-refractivity contribution in [1.82, 2.24) is 14.9 Å². The third-order valence-corrected chi connectivity index (χ3v) is 3.91. The largest absolute Gasteiger partial charge is 0.352 e. The molecule has 0 aliphatic carbocycles. The summed E-state index contributed by atoms with van der Waals surface area (Å²) >= 11 is 0. The molecule has 20 heavy (non-hydrogen) atoms. The number of aromatic nitrogens is 2. The van der Waals surface area contributed by atoms with Crippen LogP contribution in [0.4, 0.5) is 5.95 Å². The van der Waals surface area contributed by atoms with Crippen molar-refractivity contribution in [3.05, 3.63) is 34.6 Å². The predicted octanol–water partition coefficient (Wildman–Crippen LogP) is 1.82. The lowest BCUT2D eigenvalue weighted by molar-refractivity contribution is 0.226. The van der Waals surface area contributed by atoms with Crippen LogP contribution in [0, 0.1) is 0 Å². The summed E-state index contributed by atoms with van der Waals surface area (Å²) in [7, 11) is 0. The van der Waals surface area contributed by atoms with Gasteiger partial charge in [0.05, 0.1) is 10.9 Å². The highest BCUT2D eigenvalue weighted by Gasteiger charge is 2.19. The molecular weight excluding hydrogens is 252 g/mol. The van der Waals surface area contributed by atoms with Gasteiger partial charge in [-0.1, -0.05) is 19.1 Å². The summed E-state index contributed by atoms with van der Waals surface area (Å²) in [6.07, 6.45) is 2.30. The van der Waals surface area contributed by atoms with Crippen molar-refractivity contribution in [2.45, 2.75) is 25.8 Å². The van der Waals surface area contributed by atoms with E-state index in [2.05, 4.69) is 27.1 Å². The van der Waals surface area contributed by atoms with Crippen LogP contribution < -0.4 is 10.9 Å². The maximum Gasteiger partial charge on any atom is 0.260 e. The van der Waals surface area contributed by atoms with E-state index in [-0.39, 0.29) is 5.56 Å². The lowest BCUT2D eigenvalue weighted by Gasteiger charge is -2.32. The summed E-state index contributed by atoms with van der Waals surface area (Å²) < 4.78 is 0. The lowest BCUT2D eigenvalue weighted by Crippen LogP contribution is -2.42. The molecule has 1 aromatic carbocycles. The molecule has 3 rings (SSSR count). The number of fused-ring (bicyclic) bond motifs is 1. The molecule has 2 aromatic rings. The van der Waals surface area contributed by atoms with E-state index in [0.29, 0.717) is 17.4 Å². The summed E-state index contributed by atoms with van der Waals surface area (Å²) in [5, 5.41) is 4.01. The van der Waals surface area contributed by atoms with Crippen LogP contribution >= 0.6 is 0 Å². The minimum atomic E-state index is -0.0822. The van der Waals surface area contributed by atoms with Crippen molar-refractivity contribution in [2.75, 3.05) is 25.0 Å². The van der Waals surface area contributed by atoms with E-state index in [1.165, 1.54) is 6.42 Å². The van der Waals surface area contributed by atoms with Gasteiger partial charge < -0.3 is 10.2 Å². The number of aromatic amines is 1. The molecule has 0 saturated carbocycles. The second-order valence-corrected chi connectivity index (χ2v) is 5.31. The highest BCUT2D eigenvalue weighted by molar-refractivity contribution is 5.78. The zero-order valence-electron chi connectivity index (χ0n) is 11.7. The number of H-pyrrole nitrogens is 1. The first kappa shape index (κ1) is 13.1. The van der Waals surface area contributed by atoms with Gasteiger partial charge in [-0.15, -0.1) is 0 Å². The molecule has 2 N–H and O–H groups in total. The van der Waals surface area contributed by atoms with Crippen molar-refractivity contribution >= 4 is 16.9 Å². The van der Waals surface area contributed by atoms with E-state index < -0.39 is 0 Å². The number of benzene rings is 1. The molecule has 5 nitrogen and oxygen atoms in total. The van der Waals surface area contributed by atoms with E-state index in [9.17, 15) is 4.79 Å². The Labute approximate surface area is 118 Å². The molecule has 1 fully saturated rings. The number of hydrogen-bond acceptors (Lipinski definition) is 4. The lowest BCUT2D eigenvalue weighted by atomic mass is 10.1. The molecule has 106 valence electrons. The zero-order valence-corrected chi connectivity index (χ0v) is 11.7. The molecule has 1 unspecified atom stereocenters. The Kier molecular flexibility index (Phi) is 3.69. The van der Waals surface area contributed by atoms with Crippen molar-refractivity contribution in [3.8, 4) is 0 Å². The summed E-state index contributed by atoms with van der Waals surface area (Å²) in [4.78, 5) is 21.8. The fourth-order valence-electron chi connectivity index (χ4n) is 2.81. The number of hydrogen-bond donors (Lipinski definition) is 2. The van der Waals surface area contributed by atoms with Gasteiger partial charge in [0.2, 0.25) is 5.95 Å². The van der Waals surface area contributed by atoms with Crippen molar-refractivity contribution in [1.29, 1.82) is 0 Å². The molecule has 2 heterocycles. The van der Waals surface area contributed by atoms with Crippen LogP contribution in [0.2, 0.25) is 0 Å². The molecule has 1 saturated heterocycles. The van der Waals surface area contributed by atoms with Gasteiger partial charge in [-0.2, -0.15) is 0 Å². The minimum absolute atomic E-state index is 0.0822. The van der Waals surface area contributed by atoms with E-state index >= 15 is 0 Å². The highest BCUT2D eigenvalue weighted by atomic mass is 16.1. The molecule has 0 bridgehead atoms. The Morgan fingerprint density at radius 2 is 2.30 bits per heavy atom. The van der Waals surface area contributed by atoms with Gasteiger partial charge >= 0.3 is 0 Å². The van der Waals surface area contributed by atoms with Crippen LogP contribution in [0.15, 0.2) is 29.1 Å². The van der Waals surface area contributed by atoms with E-state index in [1.54, 1.807) is 6.07 Å². The smallest absolute Gasteiger partial charge is 0.260 e. The van der Waals surface area contributed by atoms with Crippen LogP contribution in [0.25, 0.3) is 10.9 Å². The van der Waals surface area contributed by atoms with Crippen molar-refractivity contribution in [3.63, 3.8) is 0 Å². The molecule has 0 radical (unpaired) electrons. The molecule has 1 atom stereocenters. The Morgan fingerprint density at radius 3 is 3.15 bits per heavy atom. The second kappa shape index (κ2) is 5.63. The topological polar surface area (TPSA) is 61.0 Å². The SMILES string of the molecule is CCN1CCCC(Nc2nc3ccccc3c(=O)[nH]2)C1. The van der Waals surface area contributed by atoms with Gasteiger partial charge in [-0.3, -0.25) is 9.78 Å². The molecule has 1 aliphatic heterocycles. The number of rotatable bonds is 3. The van der Waals surface area contributed by atoms with Gasteiger partial charge in [-0.25, -0.2) is 4.98 Å². The quantitative estimate of drug-likeness (QED) is 0.894. The van der Waals surface area contributed by atoms with E-state index in [4.69, 9.17) is 0 Å².